The van der Waals surface area contributed by atoms with E-state index in [1.165, 1.54) is 12.8 Å². The molecule has 0 aliphatic heterocycles. The van der Waals surface area contributed by atoms with Crippen LogP contribution in [0.15, 0.2) is 18.2 Å². The van der Waals surface area contributed by atoms with Gasteiger partial charge in [0.25, 0.3) is 5.69 Å². The minimum Gasteiger partial charge on any atom is -0.381 e. The Morgan fingerprint density at radius 1 is 1.56 bits per heavy atom. The van der Waals surface area contributed by atoms with Crippen LogP contribution in [0.4, 0.5) is 11.4 Å². The molecule has 1 aromatic rings. The number of non-ortho nitro benzene ring substituents is 1. The Hall–Kier alpha value is -0.850. The second-order valence-corrected chi connectivity index (χ2v) is 5.35. The zero-order chi connectivity index (χ0) is 11.7. The van der Waals surface area contributed by atoms with Gasteiger partial charge in [0.1, 0.15) is 0 Å². The van der Waals surface area contributed by atoms with E-state index in [-0.39, 0.29) is 10.6 Å². The molecule has 0 heterocycles. The number of nitrogens with zero attached hydrogens (tertiary/aromatic N) is 1. The van der Waals surface area contributed by atoms with Crippen molar-refractivity contribution in [3.8, 4) is 0 Å². The fourth-order valence-corrected chi connectivity index (χ4v) is 2.35. The van der Waals surface area contributed by atoms with Crippen LogP contribution in [0.1, 0.15) is 19.8 Å². The minimum atomic E-state index is -0.365. The van der Waals surface area contributed by atoms with Gasteiger partial charge in [-0.1, -0.05) is 0 Å². The van der Waals surface area contributed by atoms with Gasteiger partial charge in [0, 0.05) is 27.4 Å². The number of benzene rings is 1. The molecule has 1 fully saturated rings. The molecular formula is C11H13IN2O2. The van der Waals surface area contributed by atoms with E-state index >= 15 is 0 Å². The Morgan fingerprint density at radius 3 is 2.75 bits per heavy atom. The summed E-state index contributed by atoms with van der Waals surface area (Å²) in [6.07, 6.45) is 2.58. The van der Waals surface area contributed by atoms with Crippen molar-refractivity contribution in [1.82, 2.24) is 0 Å². The quantitative estimate of drug-likeness (QED) is 0.522. The van der Waals surface area contributed by atoms with Crippen LogP contribution in [0.2, 0.25) is 0 Å². The summed E-state index contributed by atoms with van der Waals surface area (Å²) in [5, 5.41) is 14.0. The van der Waals surface area contributed by atoms with Crippen LogP contribution in [0.3, 0.4) is 0 Å². The highest BCUT2D eigenvalue weighted by Gasteiger charge is 2.28. The maximum absolute atomic E-state index is 10.6. The molecule has 1 saturated carbocycles. The molecule has 1 atom stereocenters. The Labute approximate surface area is 108 Å². The molecular weight excluding hydrogens is 319 g/mol. The topological polar surface area (TPSA) is 55.2 Å². The molecule has 86 valence electrons. The first-order chi connectivity index (χ1) is 7.58. The second-order valence-electron chi connectivity index (χ2n) is 4.19. The lowest BCUT2D eigenvalue weighted by Crippen LogP contribution is -2.17. The monoisotopic (exact) mass is 332 g/mol. The Morgan fingerprint density at radius 2 is 2.25 bits per heavy atom. The highest BCUT2D eigenvalue weighted by Crippen LogP contribution is 2.35. The van der Waals surface area contributed by atoms with Gasteiger partial charge in [-0.05, 0) is 54.3 Å². The molecule has 0 aromatic heterocycles. The van der Waals surface area contributed by atoms with Crippen molar-refractivity contribution >= 4 is 34.0 Å². The molecule has 1 aromatic carbocycles. The number of hydrogen-bond donors (Lipinski definition) is 1. The van der Waals surface area contributed by atoms with Gasteiger partial charge < -0.3 is 5.32 Å². The predicted molar refractivity (Wildman–Crippen MR) is 71.6 cm³/mol. The van der Waals surface area contributed by atoms with E-state index in [2.05, 4.69) is 34.8 Å². The molecule has 1 unspecified atom stereocenters. The molecule has 1 N–H and O–H groups in total. The molecule has 0 saturated heterocycles. The number of nitro groups is 1. The average Bonchev–Trinajstić information content (AvgIpc) is 3.03. The van der Waals surface area contributed by atoms with E-state index < -0.39 is 0 Å². The molecule has 0 radical (unpaired) electrons. The maximum Gasteiger partial charge on any atom is 0.270 e. The van der Waals surface area contributed by atoms with Crippen LogP contribution in [0, 0.1) is 19.6 Å². The van der Waals surface area contributed by atoms with E-state index in [1.54, 1.807) is 18.2 Å². The predicted octanol–water partition coefficient (Wildman–Crippen LogP) is 3.41. The zero-order valence-corrected chi connectivity index (χ0v) is 11.1. The summed E-state index contributed by atoms with van der Waals surface area (Å²) in [7, 11) is 0. The van der Waals surface area contributed by atoms with Crippen molar-refractivity contribution in [3.63, 3.8) is 0 Å². The Kier molecular flexibility index (Phi) is 3.32. The SMILES string of the molecule is CC(Nc1ccc([N+](=O)[O-])cc1I)C1CC1. The number of nitrogens with one attached hydrogen (secondary N) is 1. The van der Waals surface area contributed by atoms with Crippen molar-refractivity contribution in [2.75, 3.05) is 5.32 Å². The first-order valence-corrected chi connectivity index (χ1v) is 6.36. The summed E-state index contributed by atoms with van der Waals surface area (Å²) in [6.45, 7) is 2.16. The number of halogens is 1. The molecule has 16 heavy (non-hydrogen) atoms. The summed E-state index contributed by atoms with van der Waals surface area (Å²) >= 11 is 2.13. The molecule has 4 nitrogen and oxygen atoms in total. The highest BCUT2D eigenvalue weighted by molar-refractivity contribution is 14.1. The van der Waals surface area contributed by atoms with Crippen molar-refractivity contribution in [2.45, 2.75) is 25.8 Å². The summed E-state index contributed by atoms with van der Waals surface area (Å²) in [4.78, 5) is 10.2. The smallest absolute Gasteiger partial charge is 0.270 e. The standard InChI is InChI=1S/C11H13IN2O2/c1-7(8-2-3-8)13-11-5-4-9(14(15)16)6-10(11)12/h4-8,13H,2-3H2,1H3. The van der Waals surface area contributed by atoms with E-state index in [4.69, 9.17) is 0 Å². The number of hydrogen-bond acceptors (Lipinski definition) is 3. The first-order valence-electron chi connectivity index (χ1n) is 5.28. The Balaban J connectivity index is 2.12. The van der Waals surface area contributed by atoms with Gasteiger partial charge in [0.2, 0.25) is 0 Å². The fourth-order valence-electron chi connectivity index (χ4n) is 1.69. The zero-order valence-electron chi connectivity index (χ0n) is 8.94. The van der Waals surface area contributed by atoms with Gasteiger partial charge in [-0.2, -0.15) is 0 Å². The van der Waals surface area contributed by atoms with Gasteiger partial charge in [0.05, 0.1) is 4.92 Å². The number of rotatable bonds is 4. The molecule has 1 aliphatic rings. The third-order valence-corrected chi connectivity index (χ3v) is 3.77. The summed E-state index contributed by atoms with van der Waals surface area (Å²) < 4.78 is 0.902. The van der Waals surface area contributed by atoms with Crippen molar-refractivity contribution in [1.29, 1.82) is 0 Å². The number of nitro benzene ring substituents is 1. The fraction of sp³-hybridized carbons (Fsp3) is 0.455. The highest BCUT2D eigenvalue weighted by atomic mass is 127. The summed E-state index contributed by atoms with van der Waals surface area (Å²) in [6, 6.07) is 5.39. The normalized spacial score (nSPS) is 16.9. The molecule has 1 aliphatic carbocycles. The first kappa shape index (κ1) is 11.6. The average molecular weight is 332 g/mol. The van der Waals surface area contributed by atoms with E-state index in [0.717, 1.165) is 15.2 Å². The second kappa shape index (κ2) is 4.57. The third kappa shape index (κ3) is 2.63. The van der Waals surface area contributed by atoms with Crippen molar-refractivity contribution in [2.24, 2.45) is 5.92 Å². The van der Waals surface area contributed by atoms with E-state index in [1.807, 2.05) is 0 Å². The van der Waals surface area contributed by atoms with Gasteiger partial charge in [0.15, 0.2) is 0 Å². The van der Waals surface area contributed by atoms with E-state index in [0.29, 0.717) is 6.04 Å². The molecule has 0 spiro atoms. The molecule has 2 rings (SSSR count). The van der Waals surface area contributed by atoms with Gasteiger partial charge in [-0.3, -0.25) is 10.1 Å². The van der Waals surface area contributed by atoms with Gasteiger partial charge in [-0.15, -0.1) is 0 Å². The minimum absolute atomic E-state index is 0.147. The lowest BCUT2D eigenvalue weighted by Gasteiger charge is -2.15. The van der Waals surface area contributed by atoms with Gasteiger partial charge in [-0.25, -0.2) is 0 Å². The lowest BCUT2D eigenvalue weighted by atomic mass is 10.2. The molecule has 0 bridgehead atoms. The lowest BCUT2D eigenvalue weighted by molar-refractivity contribution is -0.384. The maximum atomic E-state index is 10.6. The van der Waals surface area contributed by atoms with Crippen molar-refractivity contribution < 1.29 is 4.92 Å². The molecule has 0 amide bonds. The largest absolute Gasteiger partial charge is 0.381 e. The van der Waals surface area contributed by atoms with Crippen LogP contribution < -0.4 is 5.32 Å². The van der Waals surface area contributed by atoms with Crippen LogP contribution in [0.5, 0.6) is 0 Å². The van der Waals surface area contributed by atoms with Crippen LogP contribution in [-0.2, 0) is 0 Å². The molecule has 5 heteroatoms. The van der Waals surface area contributed by atoms with Crippen LogP contribution in [0.25, 0.3) is 0 Å². The number of anilines is 1. The Bertz CT molecular complexity index is 418. The summed E-state index contributed by atoms with van der Waals surface area (Å²) in [5.41, 5.74) is 1.14. The van der Waals surface area contributed by atoms with Crippen molar-refractivity contribution in [3.05, 3.63) is 31.9 Å². The van der Waals surface area contributed by atoms with Crippen LogP contribution >= 0.6 is 22.6 Å². The van der Waals surface area contributed by atoms with Crippen LogP contribution in [-0.4, -0.2) is 11.0 Å². The van der Waals surface area contributed by atoms with E-state index in [9.17, 15) is 10.1 Å². The third-order valence-electron chi connectivity index (χ3n) is 2.88. The summed E-state index contributed by atoms with van der Waals surface area (Å²) in [5.74, 6) is 0.769. The van der Waals surface area contributed by atoms with Gasteiger partial charge >= 0.3 is 0 Å².